The zero-order chi connectivity index (χ0) is 10.8. The molecule has 2 rings (SSSR count). The molecular weight excluding hydrogens is 194 g/mol. The van der Waals surface area contributed by atoms with Crippen LogP contribution in [0.3, 0.4) is 0 Å². The van der Waals surface area contributed by atoms with Gasteiger partial charge in [0.05, 0.1) is 12.6 Å². The number of likely N-dealkylation sites (tertiary alicyclic amines) is 1. The zero-order valence-electron chi connectivity index (χ0n) is 9.03. The molecule has 2 fully saturated rings. The first kappa shape index (κ1) is 10.4. The highest BCUT2D eigenvalue weighted by Crippen LogP contribution is 2.12. The van der Waals surface area contributed by atoms with Crippen LogP contribution < -0.4 is 5.32 Å². The summed E-state index contributed by atoms with van der Waals surface area (Å²) in [5, 5.41) is 2.54. The fourth-order valence-corrected chi connectivity index (χ4v) is 2.30. The van der Waals surface area contributed by atoms with E-state index in [1.807, 2.05) is 6.92 Å². The summed E-state index contributed by atoms with van der Waals surface area (Å²) < 4.78 is 0. The standard InChI is InChI=1S/C10H17N3O2/c1-8(7-12-4-2-3-5-12)13-9(14)6-11-10(13)15/h8H,2-7H2,1H3,(H,11,15). The normalized spacial score (nSPS) is 24.7. The van der Waals surface area contributed by atoms with Crippen LogP contribution in [0.15, 0.2) is 0 Å². The highest BCUT2D eigenvalue weighted by atomic mass is 16.2. The molecule has 0 aliphatic carbocycles. The average Bonchev–Trinajstić information content (AvgIpc) is 2.77. The second-order valence-corrected chi connectivity index (χ2v) is 4.28. The summed E-state index contributed by atoms with van der Waals surface area (Å²) in [6.07, 6.45) is 2.46. The predicted molar refractivity (Wildman–Crippen MR) is 55.4 cm³/mol. The third-order valence-corrected chi connectivity index (χ3v) is 3.04. The first-order chi connectivity index (χ1) is 7.18. The van der Waals surface area contributed by atoms with Crippen molar-refractivity contribution in [1.82, 2.24) is 15.1 Å². The maximum Gasteiger partial charge on any atom is 0.324 e. The van der Waals surface area contributed by atoms with Crippen LogP contribution in [0.1, 0.15) is 19.8 Å². The lowest BCUT2D eigenvalue weighted by Crippen LogP contribution is -2.45. The summed E-state index contributed by atoms with van der Waals surface area (Å²) in [6.45, 7) is 5.07. The Balaban J connectivity index is 1.91. The molecule has 5 heteroatoms. The third kappa shape index (κ3) is 2.12. The molecule has 2 heterocycles. The molecule has 1 N–H and O–H groups in total. The summed E-state index contributed by atoms with van der Waals surface area (Å²) in [4.78, 5) is 26.5. The number of hydrogen-bond donors (Lipinski definition) is 1. The fraction of sp³-hybridized carbons (Fsp3) is 0.800. The van der Waals surface area contributed by atoms with E-state index in [4.69, 9.17) is 0 Å². The van der Waals surface area contributed by atoms with E-state index in [-0.39, 0.29) is 24.5 Å². The van der Waals surface area contributed by atoms with Crippen LogP contribution in [0.4, 0.5) is 4.79 Å². The SMILES string of the molecule is CC(CN1CCCC1)N1C(=O)CNC1=O. The van der Waals surface area contributed by atoms with Gasteiger partial charge in [-0.25, -0.2) is 4.79 Å². The zero-order valence-corrected chi connectivity index (χ0v) is 9.03. The van der Waals surface area contributed by atoms with Crippen LogP contribution in [0, 0.1) is 0 Å². The summed E-state index contributed by atoms with van der Waals surface area (Å²) in [5.74, 6) is -0.105. The highest BCUT2D eigenvalue weighted by Gasteiger charge is 2.33. The maximum atomic E-state index is 11.4. The molecule has 2 aliphatic rings. The van der Waals surface area contributed by atoms with Gasteiger partial charge in [0.2, 0.25) is 5.91 Å². The van der Waals surface area contributed by atoms with E-state index in [9.17, 15) is 9.59 Å². The van der Waals surface area contributed by atoms with Crippen LogP contribution in [0.2, 0.25) is 0 Å². The second-order valence-electron chi connectivity index (χ2n) is 4.28. The Hall–Kier alpha value is -1.10. The van der Waals surface area contributed by atoms with Gasteiger partial charge >= 0.3 is 6.03 Å². The molecule has 1 unspecified atom stereocenters. The molecule has 0 spiro atoms. The minimum Gasteiger partial charge on any atom is -0.329 e. The van der Waals surface area contributed by atoms with Gasteiger partial charge in [0, 0.05) is 6.54 Å². The Morgan fingerprint density at radius 2 is 2.00 bits per heavy atom. The Morgan fingerprint density at radius 1 is 1.33 bits per heavy atom. The molecule has 2 saturated heterocycles. The summed E-state index contributed by atoms with van der Waals surface area (Å²) >= 11 is 0. The molecule has 0 bridgehead atoms. The van der Waals surface area contributed by atoms with Gasteiger partial charge in [-0.1, -0.05) is 0 Å². The number of imide groups is 1. The Labute approximate surface area is 89.4 Å². The van der Waals surface area contributed by atoms with Crippen molar-refractivity contribution >= 4 is 11.9 Å². The number of nitrogens with zero attached hydrogens (tertiary/aromatic N) is 2. The largest absolute Gasteiger partial charge is 0.329 e. The first-order valence-electron chi connectivity index (χ1n) is 5.51. The molecular formula is C10H17N3O2. The molecule has 0 saturated carbocycles. The molecule has 0 aromatic heterocycles. The van der Waals surface area contributed by atoms with Crippen molar-refractivity contribution < 1.29 is 9.59 Å². The minimum atomic E-state index is -0.244. The Kier molecular flexibility index (Phi) is 2.90. The summed E-state index contributed by atoms with van der Waals surface area (Å²) in [5.41, 5.74) is 0. The van der Waals surface area contributed by atoms with E-state index < -0.39 is 0 Å². The molecule has 2 aliphatic heterocycles. The lowest BCUT2D eigenvalue weighted by atomic mass is 10.3. The van der Waals surface area contributed by atoms with Crippen molar-refractivity contribution in [3.05, 3.63) is 0 Å². The van der Waals surface area contributed by atoms with Crippen molar-refractivity contribution in [2.45, 2.75) is 25.8 Å². The molecule has 0 radical (unpaired) electrons. The van der Waals surface area contributed by atoms with Gasteiger partial charge < -0.3 is 10.2 Å². The van der Waals surface area contributed by atoms with Crippen LogP contribution in [-0.2, 0) is 4.79 Å². The van der Waals surface area contributed by atoms with Crippen LogP contribution in [0.25, 0.3) is 0 Å². The van der Waals surface area contributed by atoms with Gasteiger partial charge in [-0.15, -0.1) is 0 Å². The van der Waals surface area contributed by atoms with Gasteiger partial charge in [-0.05, 0) is 32.9 Å². The van der Waals surface area contributed by atoms with Gasteiger partial charge in [-0.3, -0.25) is 9.69 Å². The van der Waals surface area contributed by atoms with E-state index >= 15 is 0 Å². The second kappa shape index (κ2) is 4.18. The Bertz CT molecular complexity index is 258. The number of amides is 3. The van der Waals surface area contributed by atoms with Gasteiger partial charge in [-0.2, -0.15) is 0 Å². The first-order valence-corrected chi connectivity index (χ1v) is 5.51. The summed E-state index contributed by atoms with van der Waals surface area (Å²) in [6, 6.07) is -0.259. The molecule has 3 amide bonds. The van der Waals surface area contributed by atoms with E-state index in [2.05, 4.69) is 10.2 Å². The molecule has 0 aromatic rings. The number of hydrogen-bond acceptors (Lipinski definition) is 3. The topological polar surface area (TPSA) is 52.6 Å². The van der Waals surface area contributed by atoms with Crippen molar-refractivity contribution in [3.63, 3.8) is 0 Å². The van der Waals surface area contributed by atoms with Crippen LogP contribution >= 0.6 is 0 Å². The number of rotatable bonds is 3. The molecule has 5 nitrogen and oxygen atoms in total. The van der Waals surface area contributed by atoms with Crippen LogP contribution in [-0.4, -0.2) is 54.0 Å². The van der Waals surface area contributed by atoms with Gasteiger partial charge in [0.15, 0.2) is 0 Å². The fourth-order valence-electron chi connectivity index (χ4n) is 2.30. The predicted octanol–water partition coefficient (Wildman–Crippen LogP) is 0.0225. The smallest absolute Gasteiger partial charge is 0.324 e. The van der Waals surface area contributed by atoms with E-state index in [1.54, 1.807) is 0 Å². The molecule has 0 aromatic carbocycles. The number of urea groups is 1. The van der Waals surface area contributed by atoms with E-state index in [0.717, 1.165) is 19.6 Å². The molecule has 84 valence electrons. The third-order valence-electron chi connectivity index (χ3n) is 3.04. The van der Waals surface area contributed by atoms with E-state index in [1.165, 1.54) is 17.7 Å². The average molecular weight is 211 g/mol. The maximum absolute atomic E-state index is 11.4. The van der Waals surface area contributed by atoms with Crippen molar-refractivity contribution in [1.29, 1.82) is 0 Å². The highest BCUT2D eigenvalue weighted by molar-refractivity contribution is 6.02. The minimum absolute atomic E-state index is 0.0156. The van der Waals surface area contributed by atoms with Gasteiger partial charge in [0.1, 0.15) is 0 Å². The van der Waals surface area contributed by atoms with Crippen molar-refractivity contribution in [2.75, 3.05) is 26.2 Å². The number of carbonyl (C=O) groups excluding carboxylic acids is 2. The Morgan fingerprint density at radius 3 is 2.53 bits per heavy atom. The van der Waals surface area contributed by atoms with Crippen molar-refractivity contribution in [3.8, 4) is 0 Å². The number of nitrogens with one attached hydrogen (secondary N) is 1. The van der Waals surface area contributed by atoms with E-state index in [0.29, 0.717) is 0 Å². The quantitative estimate of drug-likeness (QED) is 0.670. The van der Waals surface area contributed by atoms with Gasteiger partial charge in [0.25, 0.3) is 0 Å². The lowest BCUT2D eigenvalue weighted by Gasteiger charge is -2.25. The monoisotopic (exact) mass is 211 g/mol. The lowest BCUT2D eigenvalue weighted by molar-refractivity contribution is -0.126. The van der Waals surface area contributed by atoms with Crippen LogP contribution in [0.5, 0.6) is 0 Å². The molecule has 15 heavy (non-hydrogen) atoms. The molecule has 1 atom stereocenters. The van der Waals surface area contributed by atoms with Crippen molar-refractivity contribution in [2.24, 2.45) is 0 Å². The summed E-state index contributed by atoms with van der Waals surface area (Å²) in [7, 11) is 0. The number of carbonyl (C=O) groups is 2.